The highest BCUT2D eigenvalue weighted by atomic mass is 32.2. The van der Waals surface area contributed by atoms with Crippen molar-refractivity contribution in [1.29, 1.82) is 0 Å². The largest absolute Gasteiger partial charge is 0.276 e. The van der Waals surface area contributed by atoms with Crippen LogP contribution in [0.2, 0.25) is 0 Å². The van der Waals surface area contributed by atoms with E-state index in [0.717, 1.165) is 11.1 Å². The van der Waals surface area contributed by atoms with Gasteiger partial charge < -0.3 is 0 Å². The highest BCUT2D eigenvalue weighted by molar-refractivity contribution is 7.89. The molecule has 0 bridgehead atoms. The molecule has 0 amide bonds. The van der Waals surface area contributed by atoms with Gasteiger partial charge >= 0.3 is 0 Å². The topological polar surface area (TPSA) is 58.5 Å². The van der Waals surface area contributed by atoms with Gasteiger partial charge in [-0.1, -0.05) is 35.9 Å². The maximum Gasteiger partial charge on any atom is 0.276 e. The molecule has 0 aliphatic rings. The molecule has 5 heteroatoms. The summed E-state index contributed by atoms with van der Waals surface area (Å²) >= 11 is 0. The highest BCUT2D eigenvalue weighted by Crippen LogP contribution is 2.09. The number of nitrogens with one attached hydrogen (secondary N) is 1. The Balaban J connectivity index is 2.71. The average Bonchev–Trinajstić information content (AvgIpc) is 2.28. The number of hydrogen-bond acceptors (Lipinski definition) is 3. The Morgan fingerprint density at radius 2 is 1.94 bits per heavy atom. The summed E-state index contributed by atoms with van der Waals surface area (Å²) in [6.45, 7) is 7.40. The third kappa shape index (κ3) is 4.55. The van der Waals surface area contributed by atoms with Crippen molar-refractivity contribution in [3.05, 3.63) is 54.1 Å². The molecule has 0 unspecified atom stereocenters. The monoisotopic (exact) mass is 264 g/mol. The molecule has 0 aromatic heterocycles. The normalized spacial score (nSPS) is 12.1. The number of aryl methyl sites for hydroxylation is 1. The molecular weight excluding hydrogens is 248 g/mol. The first kappa shape index (κ1) is 14.2. The molecule has 0 aliphatic heterocycles. The van der Waals surface area contributed by atoms with Crippen molar-refractivity contribution in [2.24, 2.45) is 5.10 Å². The fourth-order valence-corrected chi connectivity index (χ4v) is 1.92. The number of hydrogen-bond donors (Lipinski definition) is 1. The summed E-state index contributed by atoms with van der Waals surface area (Å²) in [5, 5.41) is 3.62. The molecule has 0 atom stereocenters. The number of nitrogens with zero attached hydrogens (tertiary/aromatic N) is 1. The summed E-state index contributed by atoms with van der Waals surface area (Å²) in [4.78, 5) is 2.32. The van der Waals surface area contributed by atoms with E-state index >= 15 is 0 Å². The minimum atomic E-state index is -3.58. The third-order valence-electron chi connectivity index (χ3n) is 2.05. The Hall–Kier alpha value is -1.88. The van der Waals surface area contributed by atoms with Crippen molar-refractivity contribution in [3.63, 3.8) is 0 Å². The summed E-state index contributed by atoms with van der Waals surface area (Å²) < 4.78 is 23.5. The zero-order valence-electron chi connectivity index (χ0n) is 10.4. The lowest BCUT2D eigenvalue weighted by Gasteiger charge is -2.02. The number of sulfonamides is 1. The average molecular weight is 264 g/mol. The van der Waals surface area contributed by atoms with E-state index in [2.05, 4.69) is 16.5 Å². The Morgan fingerprint density at radius 3 is 2.50 bits per heavy atom. The molecule has 0 fully saturated rings. The van der Waals surface area contributed by atoms with Crippen LogP contribution in [-0.2, 0) is 10.0 Å². The Labute approximate surface area is 108 Å². The fourth-order valence-electron chi connectivity index (χ4n) is 1.12. The van der Waals surface area contributed by atoms with E-state index in [1.807, 2.05) is 13.8 Å². The minimum absolute atomic E-state index is 0.189. The van der Waals surface area contributed by atoms with Crippen LogP contribution in [0.15, 0.2) is 58.6 Å². The van der Waals surface area contributed by atoms with Crippen LogP contribution in [0.5, 0.6) is 0 Å². The molecule has 18 heavy (non-hydrogen) atoms. The predicted molar refractivity (Wildman–Crippen MR) is 73.9 cm³/mol. The lowest BCUT2D eigenvalue weighted by Crippen LogP contribution is -2.17. The van der Waals surface area contributed by atoms with E-state index in [1.54, 1.807) is 24.3 Å². The van der Waals surface area contributed by atoms with E-state index in [-0.39, 0.29) is 4.90 Å². The van der Waals surface area contributed by atoms with Gasteiger partial charge in [0.1, 0.15) is 0 Å². The Bertz CT molecular complexity index is 570. The molecule has 1 aromatic carbocycles. The first-order chi connectivity index (χ1) is 8.42. The second kappa shape index (κ2) is 6.16. The van der Waals surface area contributed by atoms with Crippen molar-refractivity contribution in [2.45, 2.75) is 18.7 Å². The molecule has 0 radical (unpaired) electrons. The van der Waals surface area contributed by atoms with E-state index in [4.69, 9.17) is 0 Å². The van der Waals surface area contributed by atoms with Crippen LogP contribution < -0.4 is 4.83 Å². The van der Waals surface area contributed by atoms with Gasteiger partial charge in [0, 0.05) is 6.21 Å². The van der Waals surface area contributed by atoms with E-state index < -0.39 is 10.0 Å². The lowest BCUT2D eigenvalue weighted by atomic mass is 10.2. The van der Waals surface area contributed by atoms with Crippen molar-refractivity contribution < 1.29 is 8.42 Å². The van der Waals surface area contributed by atoms with Crippen LogP contribution in [0.1, 0.15) is 12.5 Å². The zero-order chi connectivity index (χ0) is 13.6. The van der Waals surface area contributed by atoms with Crippen LogP contribution in [0, 0.1) is 6.92 Å². The van der Waals surface area contributed by atoms with Gasteiger partial charge in [-0.25, -0.2) is 4.83 Å². The van der Waals surface area contributed by atoms with Gasteiger partial charge in [-0.3, -0.25) is 0 Å². The van der Waals surface area contributed by atoms with Gasteiger partial charge in [0.15, 0.2) is 0 Å². The van der Waals surface area contributed by atoms with Crippen LogP contribution in [-0.4, -0.2) is 14.6 Å². The maximum absolute atomic E-state index is 11.8. The number of rotatable bonds is 5. The first-order valence-electron chi connectivity index (χ1n) is 5.35. The van der Waals surface area contributed by atoms with E-state index in [1.165, 1.54) is 18.3 Å². The molecule has 0 spiro atoms. The molecule has 0 aliphatic carbocycles. The van der Waals surface area contributed by atoms with E-state index in [9.17, 15) is 8.42 Å². The Kier molecular flexibility index (Phi) is 4.85. The van der Waals surface area contributed by atoms with Gasteiger partial charge in [-0.05, 0) is 32.1 Å². The molecule has 1 aromatic rings. The quantitative estimate of drug-likeness (QED) is 0.504. The minimum Gasteiger partial charge on any atom is -0.200 e. The van der Waals surface area contributed by atoms with Crippen LogP contribution in [0.3, 0.4) is 0 Å². The van der Waals surface area contributed by atoms with Gasteiger partial charge in [0.05, 0.1) is 4.90 Å². The highest BCUT2D eigenvalue weighted by Gasteiger charge is 2.11. The van der Waals surface area contributed by atoms with Gasteiger partial charge in [-0.15, -0.1) is 0 Å². The molecule has 0 saturated heterocycles. The second-order valence-corrected chi connectivity index (χ2v) is 5.55. The molecule has 0 heterocycles. The molecule has 96 valence electrons. The second-order valence-electron chi connectivity index (χ2n) is 3.89. The summed E-state index contributed by atoms with van der Waals surface area (Å²) in [7, 11) is -3.58. The van der Waals surface area contributed by atoms with Crippen molar-refractivity contribution >= 4 is 16.2 Å². The van der Waals surface area contributed by atoms with Crippen molar-refractivity contribution in [1.82, 2.24) is 4.83 Å². The molecule has 1 rings (SSSR count). The SMILES string of the molecule is C=C(C)/C=C/C=N\NS(=O)(=O)c1ccc(C)cc1. The van der Waals surface area contributed by atoms with Crippen LogP contribution in [0.25, 0.3) is 0 Å². The van der Waals surface area contributed by atoms with Crippen molar-refractivity contribution in [2.75, 3.05) is 0 Å². The molecule has 0 saturated carbocycles. The molecule has 1 N–H and O–H groups in total. The fraction of sp³-hybridized carbons (Fsp3) is 0.154. The third-order valence-corrected chi connectivity index (χ3v) is 3.28. The van der Waals surface area contributed by atoms with E-state index in [0.29, 0.717) is 0 Å². The maximum atomic E-state index is 11.8. The summed E-state index contributed by atoms with van der Waals surface area (Å²) in [6.07, 6.45) is 4.70. The summed E-state index contributed by atoms with van der Waals surface area (Å²) in [6, 6.07) is 6.55. The number of hydrazone groups is 1. The smallest absolute Gasteiger partial charge is 0.200 e. The lowest BCUT2D eigenvalue weighted by molar-refractivity contribution is 0.584. The first-order valence-corrected chi connectivity index (χ1v) is 6.84. The Morgan fingerprint density at radius 1 is 1.33 bits per heavy atom. The van der Waals surface area contributed by atoms with Gasteiger partial charge in [0.25, 0.3) is 10.0 Å². The van der Waals surface area contributed by atoms with Gasteiger partial charge in [0.2, 0.25) is 0 Å². The number of benzene rings is 1. The van der Waals surface area contributed by atoms with Crippen molar-refractivity contribution in [3.8, 4) is 0 Å². The molecule has 4 nitrogen and oxygen atoms in total. The number of allylic oxidation sites excluding steroid dienone is 3. The zero-order valence-corrected chi connectivity index (χ0v) is 11.2. The van der Waals surface area contributed by atoms with Crippen LogP contribution >= 0.6 is 0 Å². The summed E-state index contributed by atoms with van der Waals surface area (Å²) in [5.41, 5.74) is 1.87. The van der Waals surface area contributed by atoms with Crippen LogP contribution in [0.4, 0.5) is 0 Å². The standard InChI is InChI=1S/C13H16N2O2S/c1-11(2)5-4-10-14-15-18(16,17)13-8-6-12(3)7-9-13/h4-10,15H,1H2,2-3H3/b5-4+,14-10-. The van der Waals surface area contributed by atoms with Gasteiger partial charge in [-0.2, -0.15) is 13.5 Å². The molecular formula is C13H16N2O2S. The summed E-state index contributed by atoms with van der Waals surface area (Å²) in [5.74, 6) is 0. The predicted octanol–water partition coefficient (Wildman–Crippen LogP) is 2.39.